The maximum Gasteiger partial charge on any atom is 0.272 e. The molecule has 0 amide bonds. The summed E-state index contributed by atoms with van der Waals surface area (Å²) in [5, 5.41) is 10.8. The Morgan fingerprint density at radius 3 is 2.71 bits per heavy atom. The highest BCUT2D eigenvalue weighted by atomic mass is 16.6. The highest BCUT2D eigenvalue weighted by Crippen LogP contribution is 2.18. The summed E-state index contributed by atoms with van der Waals surface area (Å²) in [4.78, 5) is 12.6. The summed E-state index contributed by atoms with van der Waals surface area (Å²) >= 11 is 0. The van der Waals surface area contributed by atoms with Crippen molar-refractivity contribution in [3.05, 3.63) is 39.9 Å². The summed E-state index contributed by atoms with van der Waals surface area (Å²) in [6, 6.07) is 6.98. The first kappa shape index (κ1) is 13.6. The van der Waals surface area contributed by atoms with Gasteiger partial charge in [0.15, 0.2) is 0 Å². The summed E-state index contributed by atoms with van der Waals surface area (Å²) < 4.78 is 0. The predicted molar refractivity (Wildman–Crippen MR) is 67.9 cm³/mol. The summed E-state index contributed by atoms with van der Waals surface area (Å²) in [5.41, 5.74) is 6.66. The van der Waals surface area contributed by atoms with Gasteiger partial charge in [-0.2, -0.15) is 0 Å². The molecule has 0 radical (unpaired) electrons. The number of rotatable bonds is 6. The Bertz CT molecular complexity index is 380. The number of nitrogens with zero attached hydrogens (tertiary/aromatic N) is 2. The largest absolute Gasteiger partial charge is 0.327 e. The zero-order chi connectivity index (χ0) is 12.8. The van der Waals surface area contributed by atoms with Crippen LogP contribution in [0.2, 0.25) is 0 Å². The maximum absolute atomic E-state index is 10.8. The number of para-hydroxylation sites is 1. The van der Waals surface area contributed by atoms with Crippen molar-refractivity contribution in [2.45, 2.75) is 19.4 Å². The van der Waals surface area contributed by atoms with E-state index in [2.05, 4.69) is 4.90 Å². The summed E-state index contributed by atoms with van der Waals surface area (Å²) in [6.45, 7) is 3.51. The molecule has 94 valence electrons. The van der Waals surface area contributed by atoms with Gasteiger partial charge in [0.25, 0.3) is 5.69 Å². The van der Waals surface area contributed by atoms with Crippen molar-refractivity contribution in [3.63, 3.8) is 0 Å². The van der Waals surface area contributed by atoms with Crippen LogP contribution in [0.1, 0.15) is 12.5 Å². The zero-order valence-corrected chi connectivity index (χ0v) is 10.3. The van der Waals surface area contributed by atoms with Gasteiger partial charge in [0.05, 0.1) is 4.92 Å². The summed E-state index contributed by atoms with van der Waals surface area (Å²) in [5.74, 6) is 0. The zero-order valence-electron chi connectivity index (χ0n) is 10.3. The fourth-order valence-electron chi connectivity index (χ4n) is 1.79. The molecule has 5 nitrogen and oxygen atoms in total. The lowest BCUT2D eigenvalue weighted by molar-refractivity contribution is -0.385. The Morgan fingerprint density at radius 1 is 1.47 bits per heavy atom. The second kappa shape index (κ2) is 6.32. The van der Waals surface area contributed by atoms with E-state index in [1.54, 1.807) is 18.2 Å². The van der Waals surface area contributed by atoms with Crippen LogP contribution in [0.15, 0.2) is 24.3 Å². The lowest BCUT2D eigenvalue weighted by Crippen LogP contribution is -2.34. The maximum atomic E-state index is 10.8. The highest BCUT2D eigenvalue weighted by Gasteiger charge is 2.12. The molecule has 0 heterocycles. The van der Waals surface area contributed by atoms with E-state index in [-0.39, 0.29) is 16.7 Å². The predicted octanol–water partition coefficient (Wildman–Crippen LogP) is 1.42. The molecule has 0 aliphatic carbocycles. The molecule has 0 bridgehead atoms. The number of nitrogens with two attached hydrogens (primary N) is 1. The van der Waals surface area contributed by atoms with E-state index in [0.717, 1.165) is 18.7 Å². The molecule has 1 aromatic carbocycles. The minimum Gasteiger partial charge on any atom is -0.327 e. The number of nitro groups is 1. The van der Waals surface area contributed by atoms with Crippen LogP contribution in [0, 0.1) is 10.1 Å². The van der Waals surface area contributed by atoms with Crippen molar-refractivity contribution >= 4 is 5.69 Å². The smallest absolute Gasteiger partial charge is 0.272 e. The van der Waals surface area contributed by atoms with Crippen LogP contribution in [-0.4, -0.2) is 36.0 Å². The molecule has 1 aromatic rings. The number of hydrogen-bond acceptors (Lipinski definition) is 4. The van der Waals surface area contributed by atoms with Gasteiger partial charge in [0, 0.05) is 30.8 Å². The van der Waals surface area contributed by atoms with Crippen LogP contribution < -0.4 is 5.73 Å². The Hall–Kier alpha value is -1.46. The van der Waals surface area contributed by atoms with Crippen molar-refractivity contribution < 1.29 is 4.92 Å². The average Bonchev–Trinajstić information content (AvgIpc) is 2.25. The first-order valence-electron chi connectivity index (χ1n) is 5.67. The first-order chi connectivity index (χ1) is 8.00. The fourth-order valence-corrected chi connectivity index (χ4v) is 1.79. The normalized spacial score (nSPS) is 12.7. The van der Waals surface area contributed by atoms with Gasteiger partial charge in [0.2, 0.25) is 0 Å². The van der Waals surface area contributed by atoms with Crippen LogP contribution in [0.3, 0.4) is 0 Å². The molecule has 0 aromatic heterocycles. The molecular formula is C12H19N3O2. The van der Waals surface area contributed by atoms with E-state index >= 15 is 0 Å². The molecule has 0 aliphatic heterocycles. The second-order valence-electron chi connectivity index (χ2n) is 4.38. The van der Waals surface area contributed by atoms with Gasteiger partial charge in [-0.15, -0.1) is 0 Å². The lowest BCUT2D eigenvalue weighted by Gasteiger charge is -2.18. The first-order valence-corrected chi connectivity index (χ1v) is 5.67. The van der Waals surface area contributed by atoms with Crippen molar-refractivity contribution in [2.24, 2.45) is 5.73 Å². The third-order valence-corrected chi connectivity index (χ3v) is 2.55. The molecular weight excluding hydrogens is 218 g/mol. The molecule has 2 N–H and O–H groups in total. The molecule has 0 saturated heterocycles. The third-order valence-electron chi connectivity index (χ3n) is 2.55. The summed E-state index contributed by atoms with van der Waals surface area (Å²) in [6.07, 6.45) is 0.667. The Labute approximate surface area is 101 Å². The SMILES string of the molecule is CC(N)CN(C)CCc1ccccc1[N+](=O)[O-]. The fraction of sp³-hybridized carbons (Fsp3) is 0.500. The Kier molecular flexibility index (Phi) is 5.06. The van der Waals surface area contributed by atoms with Gasteiger partial charge in [-0.3, -0.25) is 10.1 Å². The van der Waals surface area contributed by atoms with Gasteiger partial charge >= 0.3 is 0 Å². The lowest BCUT2D eigenvalue weighted by atomic mass is 10.1. The molecule has 0 aliphatic rings. The minimum atomic E-state index is -0.332. The molecule has 0 saturated carbocycles. The van der Waals surface area contributed by atoms with Crippen molar-refractivity contribution in [2.75, 3.05) is 20.1 Å². The molecule has 17 heavy (non-hydrogen) atoms. The third kappa shape index (κ3) is 4.50. The van der Waals surface area contributed by atoms with Crippen LogP contribution in [0.5, 0.6) is 0 Å². The Balaban J connectivity index is 2.60. The number of likely N-dealkylation sites (N-methyl/N-ethyl adjacent to an activating group) is 1. The van der Waals surface area contributed by atoms with E-state index in [0.29, 0.717) is 6.42 Å². The standard InChI is InChI=1S/C12H19N3O2/c1-10(13)9-14(2)8-7-11-5-3-4-6-12(11)15(16)17/h3-6,10H,7-9,13H2,1-2H3. The van der Waals surface area contributed by atoms with Gasteiger partial charge in [-0.25, -0.2) is 0 Å². The molecule has 5 heteroatoms. The van der Waals surface area contributed by atoms with Crippen LogP contribution in [0.25, 0.3) is 0 Å². The van der Waals surface area contributed by atoms with E-state index < -0.39 is 0 Å². The van der Waals surface area contributed by atoms with Crippen LogP contribution >= 0.6 is 0 Å². The molecule has 0 spiro atoms. The quantitative estimate of drug-likeness (QED) is 0.600. The van der Waals surface area contributed by atoms with E-state index in [4.69, 9.17) is 5.73 Å². The van der Waals surface area contributed by atoms with Gasteiger partial charge in [-0.1, -0.05) is 18.2 Å². The van der Waals surface area contributed by atoms with Crippen molar-refractivity contribution in [1.82, 2.24) is 4.90 Å². The topological polar surface area (TPSA) is 72.4 Å². The number of benzene rings is 1. The second-order valence-corrected chi connectivity index (χ2v) is 4.38. The van der Waals surface area contributed by atoms with Crippen LogP contribution in [-0.2, 0) is 6.42 Å². The molecule has 0 fully saturated rings. The average molecular weight is 237 g/mol. The van der Waals surface area contributed by atoms with E-state index in [1.165, 1.54) is 0 Å². The highest BCUT2D eigenvalue weighted by molar-refractivity contribution is 5.39. The molecule has 1 atom stereocenters. The van der Waals surface area contributed by atoms with E-state index in [9.17, 15) is 10.1 Å². The van der Waals surface area contributed by atoms with Gasteiger partial charge in [-0.05, 0) is 20.4 Å². The van der Waals surface area contributed by atoms with Crippen molar-refractivity contribution in [1.29, 1.82) is 0 Å². The van der Waals surface area contributed by atoms with E-state index in [1.807, 2.05) is 20.0 Å². The monoisotopic (exact) mass is 237 g/mol. The van der Waals surface area contributed by atoms with Gasteiger partial charge in [0.1, 0.15) is 0 Å². The Morgan fingerprint density at radius 2 is 2.12 bits per heavy atom. The number of nitro benzene ring substituents is 1. The molecule has 1 rings (SSSR count). The van der Waals surface area contributed by atoms with Gasteiger partial charge < -0.3 is 10.6 Å². The van der Waals surface area contributed by atoms with Crippen LogP contribution in [0.4, 0.5) is 5.69 Å². The number of hydrogen-bond donors (Lipinski definition) is 1. The molecule has 1 unspecified atom stereocenters. The summed E-state index contributed by atoms with van der Waals surface area (Å²) in [7, 11) is 1.97. The minimum absolute atomic E-state index is 0.116. The van der Waals surface area contributed by atoms with Crippen molar-refractivity contribution in [3.8, 4) is 0 Å².